The van der Waals surface area contributed by atoms with Crippen molar-refractivity contribution >= 4 is 28.5 Å². The SMILES string of the molecule is CC(=O)OCCOc1ccc2cnn(-c3ncc(C(F)(F)F)cc3Cl)c2c1. The summed E-state index contributed by atoms with van der Waals surface area (Å²) in [4.78, 5) is 14.5. The van der Waals surface area contributed by atoms with Gasteiger partial charge in [-0.15, -0.1) is 0 Å². The van der Waals surface area contributed by atoms with Crippen molar-refractivity contribution in [2.45, 2.75) is 13.1 Å². The number of alkyl halides is 3. The zero-order valence-corrected chi connectivity index (χ0v) is 14.7. The average molecular weight is 400 g/mol. The Morgan fingerprint density at radius 1 is 1.22 bits per heavy atom. The lowest BCUT2D eigenvalue weighted by Crippen LogP contribution is -2.09. The molecule has 6 nitrogen and oxygen atoms in total. The van der Waals surface area contributed by atoms with Gasteiger partial charge in [0.05, 0.1) is 22.3 Å². The van der Waals surface area contributed by atoms with Crippen LogP contribution in [-0.2, 0) is 15.7 Å². The third-order valence-corrected chi connectivity index (χ3v) is 3.83. The highest BCUT2D eigenvalue weighted by Gasteiger charge is 2.31. The van der Waals surface area contributed by atoms with Gasteiger partial charge in [-0.2, -0.15) is 18.3 Å². The lowest BCUT2D eigenvalue weighted by Gasteiger charge is -2.10. The molecule has 0 aliphatic carbocycles. The van der Waals surface area contributed by atoms with Crippen LogP contribution in [0.2, 0.25) is 5.02 Å². The summed E-state index contributed by atoms with van der Waals surface area (Å²) < 4.78 is 49.9. The number of ether oxygens (including phenoxy) is 2. The molecule has 0 bridgehead atoms. The maximum atomic E-state index is 12.8. The summed E-state index contributed by atoms with van der Waals surface area (Å²) in [6.45, 7) is 1.54. The first-order valence-corrected chi connectivity index (χ1v) is 8.10. The lowest BCUT2D eigenvalue weighted by atomic mass is 10.2. The van der Waals surface area contributed by atoms with Gasteiger partial charge < -0.3 is 9.47 Å². The number of halogens is 4. The van der Waals surface area contributed by atoms with E-state index < -0.39 is 17.7 Å². The van der Waals surface area contributed by atoms with Crippen molar-refractivity contribution < 1.29 is 27.4 Å². The van der Waals surface area contributed by atoms with Crippen molar-refractivity contribution in [3.63, 3.8) is 0 Å². The summed E-state index contributed by atoms with van der Waals surface area (Å²) in [5.41, 5.74) is -0.392. The quantitative estimate of drug-likeness (QED) is 0.478. The number of carbonyl (C=O) groups excluding carboxylic acids is 1. The van der Waals surface area contributed by atoms with E-state index in [1.54, 1.807) is 18.2 Å². The predicted molar refractivity (Wildman–Crippen MR) is 91.0 cm³/mol. The Labute approximate surface area is 156 Å². The molecular formula is C17H13ClF3N3O3. The van der Waals surface area contributed by atoms with E-state index in [4.69, 9.17) is 21.1 Å². The predicted octanol–water partition coefficient (Wildman–Crippen LogP) is 4.03. The summed E-state index contributed by atoms with van der Waals surface area (Å²) >= 11 is 6.00. The molecule has 0 amide bonds. The van der Waals surface area contributed by atoms with Crippen LogP contribution < -0.4 is 4.74 Å². The van der Waals surface area contributed by atoms with Crippen LogP contribution in [0.15, 0.2) is 36.7 Å². The van der Waals surface area contributed by atoms with Crippen molar-refractivity contribution in [3.05, 3.63) is 47.2 Å². The summed E-state index contributed by atoms with van der Waals surface area (Å²) in [6.07, 6.45) is -2.30. The molecule has 0 aliphatic rings. The van der Waals surface area contributed by atoms with Crippen molar-refractivity contribution in [1.29, 1.82) is 0 Å². The Kier molecular flexibility index (Phi) is 5.22. The first kappa shape index (κ1) is 19.0. The summed E-state index contributed by atoms with van der Waals surface area (Å²) in [7, 11) is 0. The molecule has 0 radical (unpaired) electrons. The molecule has 0 N–H and O–H groups in total. The summed E-state index contributed by atoms with van der Waals surface area (Å²) in [5, 5.41) is 4.68. The Bertz CT molecular complexity index is 988. The molecule has 0 unspecified atom stereocenters. The molecule has 3 rings (SSSR count). The van der Waals surface area contributed by atoms with Gasteiger partial charge in [0.2, 0.25) is 0 Å². The van der Waals surface area contributed by atoms with Crippen LogP contribution in [0.25, 0.3) is 16.7 Å². The molecule has 0 spiro atoms. The Balaban J connectivity index is 1.89. The van der Waals surface area contributed by atoms with Crippen LogP contribution in [0, 0.1) is 0 Å². The summed E-state index contributed by atoms with van der Waals surface area (Å²) in [6, 6.07) is 5.88. The zero-order valence-electron chi connectivity index (χ0n) is 14.0. The van der Waals surface area contributed by atoms with Crippen LogP contribution in [0.5, 0.6) is 5.75 Å². The third-order valence-electron chi connectivity index (χ3n) is 3.55. The fraction of sp³-hybridized carbons (Fsp3) is 0.235. The first-order valence-electron chi connectivity index (χ1n) is 7.73. The molecule has 0 atom stereocenters. The number of benzene rings is 1. The van der Waals surface area contributed by atoms with Gasteiger partial charge >= 0.3 is 12.1 Å². The molecule has 0 fully saturated rings. The highest BCUT2D eigenvalue weighted by molar-refractivity contribution is 6.32. The molecule has 1 aromatic carbocycles. The number of hydrogen-bond donors (Lipinski definition) is 0. The van der Waals surface area contributed by atoms with Crippen LogP contribution in [0.4, 0.5) is 13.2 Å². The van der Waals surface area contributed by atoms with Gasteiger partial charge in [-0.1, -0.05) is 11.6 Å². The van der Waals surface area contributed by atoms with Crippen LogP contribution in [-0.4, -0.2) is 33.9 Å². The highest BCUT2D eigenvalue weighted by atomic mass is 35.5. The second-order valence-corrected chi connectivity index (χ2v) is 5.90. The van der Waals surface area contributed by atoms with Gasteiger partial charge in [-0.25, -0.2) is 9.67 Å². The lowest BCUT2D eigenvalue weighted by molar-refractivity contribution is -0.141. The minimum atomic E-state index is -4.54. The van der Waals surface area contributed by atoms with E-state index in [0.29, 0.717) is 17.5 Å². The largest absolute Gasteiger partial charge is 0.490 e. The molecule has 142 valence electrons. The standard InChI is InChI=1S/C17H13ClF3N3O3/c1-10(25)26-4-5-27-13-3-2-11-8-23-24(15(11)7-13)16-14(18)6-12(9-22-16)17(19,20)21/h2-3,6-9H,4-5H2,1H3. The van der Waals surface area contributed by atoms with Gasteiger partial charge in [0, 0.05) is 24.6 Å². The molecule has 2 aromatic heterocycles. The number of fused-ring (bicyclic) bond motifs is 1. The van der Waals surface area contributed by atoms with Crippen molar-refractivity contribution in [3.8, 4) is 11.6 Å². The molecule has 27 heavy (non-hydrogen) atoms. The minimum Gasteiger partial charge on any atom is -0.490 e. The Hall–Kier alpha value is -2.81. The van der Waals surface area contributed by atoms with E-state index in [-0.39, 0.29) is 24.1 Å². The molecule has 0 saturated carbocycles. The van der Waals surface area contributed by atoms with E-state index in [9.17, 15) is 18.0 Å². The maximum Gasteiger partial charge on any atom is 0.417 e. The van der Waals surface area contributed by atoms with E-state index in [2.05, 4.69) is 10.1 Å². The number of pyridine rings is 1. The van der Waals surface area contributed by atoms with Gasteiger partial charge in [-0.3, -0.25) is 4.79 Å². The van der Waals surface area contributed by atoms with Crippen molar-refractivity contribution in [1.82, 2.24) is 14.8 Å². The minimum absolute atomic E-state index is 0.0664. The highest BCUT2D eigenvalue weighted by Crippen LogP contribution is 2.33. The fourth-order valence-corrected chi connectivity index (χ4v) is 2.59. The van der Waals surface area contributed by atoms with Crippen molar-refractivity contribution in [2.24, 2.45) is 0 Å². The molecule has 10 heteroatoms. The Morgan fingerprint density at radius 2 is 2.00 bits per heavy atom. The van der Waals surface area contributed by atoms with Crippen molar-refractivity contribution in [2.75, 3.05) is 13.2 Å². The second-order valence-electron chi connectivity index (χ2n) is 5.49. The number of aromatic nitrogens is 3. The third kappa shape index (κ3) is 4.30. The van der Waals surface area contributed by atoms with Crippen LogP contribution >= 0.6 is 11.6 Å². The van der Waals surface area contributed by atoms with Gasteiger partial charge in [-0.05, 0) is 18.2 Å². The monoisotopic (exact) mass is 399 g/mol. The first-order chi connectivity index (χ1) is 12.8. The maximum absolute atomic E-state index is 12.8. The van der Waals surface area contributed by atoms with E-state index in [1.807, 2.05) is 0 Å². The second kappa shape index (κ2) is 7.43. The van der Waals surface area contributed by atoms with E-state index in [0.717, 1.165) is 11.5 Å². The number of nitrogens with zero attached hydrogens (tertiary/aromatic N) is 3. The molecule has 2 heterocycles. The normalized spacial score (nSPS) is 11.6. The van der Waals surface area contributed by atoms with Crippen LogP contribution in [0.3, 0.4) is 0 Å². The zero-order chi connectivity index (χ0) is 19.6. The molecule has 3 aromatic rings. The topological polar surface area (TPSA) is 66.2 Å². The smallest absolute Gasteiger partial charge is 0.417 e. The number of hydrogen-bond acceptors (Lipinski definition) is 5. The molecular weight excluding hydrogens is 387 g/mol. The summed E-state index contributed by atoms with van der Waals surface area (Å²) in [5.74, 6) is 0.131. The number of carbonyl (C=O) groups is 1. The average Bonchev–Trinajstić information content (AvgIpc) is 3.01. The fourth-order valence-electron chi connectivity index (χ4n) is 2.34. The number of rotatable bonds is 5. The van der Waals surface area contributed by atoms with Gasteiger partial charge in [0.15, 0.2) is 5.82 Å². The Morgan fingerprint density at radius 3 is 2.67 bits per heavy atom. The van der Waals surface area contributed by atoms with Gasteiger partial charge in [0.25, 0.3) is 0 Å². The van der Waals surface area contributed by atoms with Gasteiger partial charge in [0.1, 0.15) is 19.0 Å². The van der Waals surface area contributed by atoms with Crippen LogP contribution in [0.1, 0.15) is 12.5 Å². The van der Waals surface area contributed by atoms with E-state index in [1.165, 1.54) is 17.8 Å². The molecule has 0 saturated heterocycles. The molecule has 0 aliphatic heterocycles. The number of esters is 1. The van der Waals surface area contributed by atoms with E-state index >= 15 is 0 Å².